The molecule has 0 bridgehead atoms. The lowest BCUT2D eigenvalue weighted by Crippen LogP contribution is -2.39. The molecule has 88 valence electrons. The van der Waals surface area contributed by atoms with Gasteiger partial charge in [-0.05, 0) is 26.7 Å². The van der Waals surface area contributed by atoms with Crippen LogP contribution in [-0.2, 0) is 0 Å². The maximum atomic E-state index is 9.21. The van der Waals surface area contributed by atoms with Gasteiger partial charge in [-0.15, -0.1) is 0 Å². The van der Waals surface area contributed by atoms with Crippen LogP contribution in [0.2, 0.25) is 0 Å². The molecule has 2 rings (SSSR count). The molecule has 1 aliphatic carbocycles. The van der Waals surface area contributed by atoms with E-state index in [2.05, 4.69) is 15.3 Å². The number of hydrogen-bond acceptors (Lipinski definition) is 5. The van der Waals surface area contributed by atoms with Crippen LogP contribution in [0.4, 0.5) is 5.82 Å². The van der Waals surface area contributed by atoms with Gasteiger partial charge in [0.25, 0.3) is 0 Å². The highest BCUT2D eigenvalue weighted by atomic mass is 16.5. The molecule has 0 saturated heterocycles. The summed E-state index contributed by atoms with van der Waals surface area (Å²) in [6, 6.07) is 0.318. The summed E-state index contributed by atoms with van der Waals surface area (Å²) in [5.41, 5.74) is 0.922. The second-order valence-corrected chi connectivity index (χ2v) is 4.05. The van der Waals surface area contributed by atoms with Crippen molar-refractivity contribution in [3.05, 3.63) is 11.9 Å². The Morgan fingerprint density at radius 3 is 2.88 bits per heavy atom. The van der Waals surface area contributed by atoms with Crippen LogP contribution in [0.3, 0.4) is 0 Å². The van der Waals surface area contributed by atoms with E-state index >= 15 is 0 Å². The van der Waals surface area contributed by atoms with Gasteiger partial charge in [0, 0.05) is 6.04 Å². The maximum absolute atomic E-state index is 9.21. The average Bonchev–Trinajstić information content (AvgIpc) is 2.22. The molecule has 5 nitrogen and oxygen atoms in total. The summed E-state index contributed by atoms with van der Waals surface area (Å²) < 4.78 is 5.39. The van der Waals surface area contributed by atoms with Crippen molar-refractivity contribution < 1.29 is 9.84 Å². The SMILES string of the molecule is CCOc1ncnc(NC2CC(O)C2)c1C. The number of rotatable bonds is 4. The van der Waals surface area contributed by atoms with E-state index in [0.29, 0.717) is 18.5 Å². The van der Waals surface area contributed by atoms with E-state index in [9.17, 15) is 5.11 Å². The average molecular weight is 223 g/mol. The number of nitrogens with zero attached hydrogens (tertiary/aromatic N) is 2. The summed E-state index contributed by atoms with van der Waals surface area (Å²) in [6.07, 6.45) is 2.90. The van der Waals surface area contributed by atoms with Crippen molar-refractivity contribution in [2.45, 2.75) is 38.8 Å². The van der Waals surface area contributed by atoms with Crippen LogP contribution in [0.5, 0.6) is 5.88 Å². The monoisotopic (exact) mass is 223 g/mol. The molecule has 5 heteroatoms. The number of ether oxygens (including phenoxy) is 1. The minimum absolute atomic E-state index is 0.161. The van der Waals surface area contributed by atoms with Gasteiger partial charge >= 0.3 is 0 Å². The van der Waals surface area contributed by atoms with Crippen molar-refractivity contribution in [2.75, 3.05) is 11.9 Å². The van der Waals surface area contributed by atoms with Gasteiger partial charge in [-0.1, -0.05) is 0 Å². The molecule has 0 amide bonds. The van der Waals surface area contributed by atoms with Crippen LogP contribution < -0.4 is 10.1 Å². The van der Waals surface area contributed by atoms with E-state index in [-0.39, 0.29) is 6.10 Å². The molecule has 1 aliphatic rings. The van der Waals surface area contributed by atoms with E-state index < -0.39 is 0 Å². The highest BCUT2D eigenvalue weighted by Gasteiger charge is 2.27. The van der Waals surface area contributed by atoms with Crippen molar-refractivity contribution in [1.82, 2.24) is 9.97 Å². The molecule has 1 fully saturated rings. The molecule has 1 aromatic heterocycles. The first-order valence-corrected chi connectivity index (χ1v) is 5.59. The smallest absolute Gasteiger partial charge is 0.221 e. The minimum Gasteiger partial charge on any atom is -0.478 e. The van der Waals surface area contributed by atoms with E-state index in [0.717, 1.165) is 24.2 Å². The number of aliphatic hydroxyl groups excluding tert-OH is 1. The third-order valence-corrected chi connectivity index (χ3v) is 2.77. The molecular formula is C11H17N3O2. The van der Waals surface area contributed by atoms with Gasteiger partial charge in [0.05, 0.1) is 18.3 Å². The zero-order valence-corrected chi connectivity index (χ0v) is 9.60. The lowest BCUT2D eigenvalue weighted by atomic mass is 9.89. The predicted octanol–water partition coefficient (Wildman–Crippen LogP) is 1.12. The highest BCUT2D eigenvalue weighted by molar-refractivity contribution is 5.48. The molecule has 2 N–H and O–H groups in total. The van der Waals surface area contributed by atoms with E-state index in [1.165, 1.54) is 6.33 Å². The Balaban J connectivity index is 2.05. The van der Waals surface area contributed by atoms with Crippen molar-refractivity contribution in [1.29, 1.82) is 0 Å². The first kappa shape index (κ1) is 11.1. The van der Waals surface area contributed by atoms with E-state index in [4.69, 9.17) is 4.74 Å². The number of aromatic nitrogens is 2. The summed E-state index contributed by atoms with van der Waals surface area (Å²) >= 11 is 0. The fourth-order valence-corrected chi connectivity index (χ4v) is 1.76. The van der Waals surface area contributed by atoms with Gasteiger partial charge in [0.15, 0.2) is 0 Å². The Hall–Kier alpha value is -1.36. The van der Waals surface area contributed by atoms with Crippen molar-refractivity contribution in [3.63, 3.8) is 0 Å². The van der Waals surface area contributed by atoms with E-state index in [1.54, 1.807) is 0 Å². The maximum Gasteiger partial charge on any atom is 0.221 e. The van der Waals surface area contributed by atoms with Gasteiger partial charge in [0.1, 0.15) is 12.1 Å². The summed E-state index contributed by atoms with van der Waals surface area (Å²) in [5.74, 6) is 1.43. The Labute approximate surface area is 94.9 Å². The van der Waals surface area contributed by atoms with Gasteiger partial charge in [-0.25, -0.2) is 9.97 Å². The topological polar surface area (TPSA) is 67.3 Å². The van der Waals surface area contributed by atoms with Gasteiger partial charge in [-0.2, -0.15) is 0 Å². The third-order valence-electron chi connectivity index (χ3n) is 2.77. The van der Waals surface area contributed by atoms with Gasteiger partial charge in [-0.3, -0.25) is 0 Å². The van der Waals surface area contributed by atoms with Crippen LogP contribution >= 0.6 is 0 Å². The summed E-state index contributed by atoms with van der Waals surface area (Å²) in [7, 11) is 0. The number of aliphatic hydroxyl groups is 1. The van der Waals surface area contributed by atoms with Crippen LogP contribution in [-0.4, -0.2) is 33.8 Å². The van der Waals surface area contributed by atoms with Crippen LogP contribution in [0, 0.1) is 6.92 Å². The first-order valence-electron chi connectivity index (χ1n) is 5.59. The fourth-order valence-electron chi connectivity index (χ4n) is 1.76. The summed E-state index contributed by atoms with van der Waals surface area (Å²) in [4.78, 5) is 8.26. The normalized spacial score (nSPS) is 23.7. The van der Waals surface area contributed by atoms with Crippen LogP contribution in [0.25, 0.3) is 0 Å². The minimum atomic E-state index is -0.161. The number of hydrogen-bond donors (Lipinski definition) is 2. The molecule has 0 radical (unpaired) electrons. The molecule has 0 aliphatic heterocycles. The molecule has 0 aromatic carbocycles. The summed E-state index contributed by atoms with van der Waals surface area (Å²) in [6.45, 7) is 4.46. The Morgan fingerprint density at radius 1 is 1.50 bits per heavy atom. The van der Waals surface area contributed by atoms with E-state index in [1.807, 2.05) is 13.8 Å². The van der Waals surface area contributed by atoms with Crippen molar-refractivity contribution >= 4 is 5.82 Å². The molecular weight excluding hydrogens is 206 g/mol. The number of anilines is 1. The highest BCUT2D eigenvalue weighted by Crippen LogP contribution is 2.26. The second kappa shape index (κ2) is 4.65. The van der Waals surface area contributed by atoms with Crippen molar-refractivity contribution in [3.8, 4) is 5.88 Å². The quantitative estimate of drug-likeness (QED) is 0.800. The largest absolute Gasteiger partial charge is 0.478 e. The molecule has 1 saturated carbocycles. The third kappa shape index (κ3) is 2.24. The van der Waals surface area contributed by atoms with Crippen LogP contribution in [0.15, 0.2) is 6.33 Å². The molecule has 1 aromatic rings. The molecule has 0 spiro atoms. The molecule has 16 heavy (non-hydrogen) atoms. The van der Waals surface area contributed by atoms with Crippen molar-refractivity contribution in [2.24, 2.45) is 0 Å². The second-order valence-electron chi connectivity index (χ2n) is 4.05. The van der Waals surface area contributed by atoms with Crippen LogP contribution in [0.1, 0.15) is 25.3 Å². The Kier molecular flexibility index (Phi) is 3.24. The number of nitrogens with one attached hydrogen (secondary N) is 1. The van der Waals surface area contributed by atoms with Gasteiger partial charge in [0.2, 0.25) is 5.88 Å². The lowest BCUT2D eigenvalue weighted by molar-refractivity contribution is 0.0835. The first-order chi connectivity index (χ1) is 7.70. The lowest BCUT2D eigenvalue weighted by Gasteiger charge is -2.32. The molecule has 0 atom stereocenters. The van der Waals surface area contributed by atoms with Gasteiger partial charge < -0.3 is 15.2 Å². The summed E-state index contributed by atoms with van der Waals surface area (Å²) in [5, 5.41) is 12.5. The predicted molar refractivity (Wildman–Crippen MR) is 60.6 cm³/mol. The fraction of sp³-hybridized carbons (Fsp3) is 0.636. The molecule has 1 heterocycles. The molecule has 0 unspecified atom stereocenters. The zero-order chi connectivity index (χ0) is 11.5. The Morgan fingerprint density at radius 2 is 2.25 bits per heavy atom. The zero-order valence-electron chi connectivity index (χ0n) is 9.60. The standard InChI is InChI=1S/C11H17N3O2/c1-3-16-11-7(2)10(12-6-13-11)14-8-4-9(15)5-8/h6,8-9,15H,3-5H2,1-2H3,(H,12,13,14). The Bertz CT molecular complexity index is 364.